The van der Waals surface area contributed by atoms with Crippen LogP contribution in [-0.4, -0.2) is 57.7 Å². The molecule has 2 aromatic carbocycles. The summed E-state index contributed by atoms with van der Waals surface area (Å²) in [6, 6.07) is 21.0. The van der Waals surface area contributed by atoms with Gasteiger partial charge in [-0.25, -0.2) is 9.50 Å². The number of nitrogens with one attached hydrogen (secondary N) is 1. The third kappa shape index (κ3) is 3.51. The van der Waals surface area contributed by atoms with Crippen LogP contribution in [0, 0.1) is 0 Å². The van der Waals surface area contributed by atoms with E-state index < -0.39 is 0 Å². The monoisotopic (exact) mass is 444 g/mol. The molecule has 32 heavy (non-hydrogen) atoms. The third-order valence-corrected chi connectivity index (χ3v) is 6.19. The zero-order chi connectivity index (χ0) is 20.8. The first-order valence-electron chi connectivity index (χ1n) is 10.7. The molecule has 1 aliphatic heterocycles. The van der Waals surface area contributed by atoms with Gasteiger partial charge in [0, 0.05) is 54.4 Å². The first kappa shape index (κ1) is 20.5. The van der Waals surface area contributed by atoms with E-state index in [2.05, 4.69) is 64.3 Å². The second kappa shape index (κ2) is 8.30. The van der Waals surface area contributed by atoms with Gasteiger partial charge in [-0.05, 0) is 30.8 Å². The molecular weight excluding hydrogens is 420 g/mol. The van der Waals surface area contributed by atoms with Crippen LogP contribution >= 0.6 is 12.4 Å². The molecule has 0 atom stereocenters. The quantitative estimate of drug-likeness (QED) is 0.437. The van der Waals surface area contributed by atoms with Crippen LogP contribution in [0.2, 0.25) is 0 Å². The highest BCUT2D eigenvalue weighted by Gasteiger charge is 2.20. The number of aromatic nitrogens is 4. The molecule has 4 heterocycles. The number of imidazole rings is 1. The van der Waals surface area contributed by atoms with Crippen molar-refractivity contribution in [3.05, 3.63) is 73.1 Å². The van der Waals surface area contributed by atoms with Gasteiger partial charge in [0.15, 0.2) is 5.65 Å². The van der Waals surface area contributed by atoms with Gasteiger partial charge in [0.2, 0.25) is 0 Å². The van der Waals surface area contributed by atoms with Gasteiger partial charge in [-0.3, -0.25) is 0 Å². The Hall–Kier alpha value is -3.35. The van der Waals surface area contributed by atoms with Crippen LogP contribution in [0.4, 0.5) is 5.82 Å². The van der Waals surface area contributed by atoms with E-state index in [0.29, 0.717) is 0 Å². The minimum atomic E-state index is 0. The molecule has 0 bridgehead atoms. The van der Waals surface area contributed by atoms with E-state index in [9.17, 15) is 0 Å². The zero-order valence-corrected chi connectivity index (χ0v) is 18.7. The molecule has 1 N–H and O–H groups in total. The Labute approximate surface area is 192 Å². The van der Waals surface area contributed by atoms with Gasteiger partial charge in [0.05, 0.1) is 11.9 Å². The summed E-state index contributed by atoms with van der Waals surface area (Å²) in [5, 5.41) is 6.18. The molecule has 1 fully saturated rings. The van der Waals surface area contributed by atoms with Crippen molar-refractivity contribution in [1.82, 2.24) is 24.5 Å². The molecule has 0 unspecified atom stereocenters. The fraction of sp³-hybridized carbons (Fsp3) is 0.200. The lowest BCUT2D eigenvalue weighted by Gasteiger charge is -2.33. The van der Waals surface area contributed by atoms with Crippen molar-refractivity contribution in [3.63, 3.8) is 0 Å². The fourth-order valence-electron chi connectivity index (χ4n) is 4.42. The van der Waals surface area contributed by atoms with E-state index in [4.69, 9.17) is 10.1 Å². The second-order valence-corrected chi connectivity index (χ2v) is 8.21. The summed E-state index contributed by atoms with van der Waals surface area (Å²) < 4.78 is 1.96. The average Bonchev–Trinajstić information content (AvgIpc) is 3.46. The van der Waals surface area contributed by atoms with Gasteiger partial charge in [0.25, 0.3) is 0 Å². The third-order valence-electron chi connectivity index (χ3n) is 6.19. The molecule has 7 heteroatoms. The lowest BCUT2D eigenvalue weighted by Crippen LogP contribution is -2.45. The Morgan fingerprint density at radius 1 is 0.875 bits per heavy atom. The number of halogens is 1. The normalized spacial score (nSPS) is 14.7. The Bertz CT molecular complexity index is 1370. The SMILES string of the molecule is CN1CCN(c2cc(-c3cccc4[nH]ccc34)c3nc(-c4ccccc4)cn3n2)CC1.Cl. The maximum Gasteiger partial charge on any atom is 0.162 e. The predicted octanol–water partition coefficient (Wildman–Crippen LogP) is 4.72. The van der Waals surface area contributed by atoms with Gasteiger partial charge in [0.1, 0.15) is 5.82 Å². The van der Waals surface area contributed by atoms with Crippen LogP contribution in [0.3, 0.4) is 0 Å². The summed E-state index contributed by atoms with van der Waals surface area (Å²) in [5.41, 5.74) is 6.32. The predicted molar refractivity (Wildman–Crippen MR) is 133 cm³/mol. The lowest BCUT2D eigenvalue weighted by molar-refractivity contribution is 0.311. The average molecular weight is 445 g/mol. The highest BCUT2D eigenvalue weighted by molar-refractivity contribution is 5.99. The minimum absolute atomic E-state index is 0. The molecule has 0 spiro atoms. The van der Waals surface area contributed by atoms with Crippen molar-refractivity contribution < 1.29 is 0 Å². The number of fused-ring (bicyclic) bond motifs is 2. The van der Waals surface area contributed by atoms with E-state index in [1.807, 2.05) is 35.1 Å². The fourth-order valence-corrected chi connectivity index (χ4v) is 4.42. The van der Waals surface area contributed by atoms with Gasteiger partial charge >= 0.3 is 0 Å². The van der Waals surface area contributed by atoms with E-state index in [-0.39, 0.29) is 12.4 Å². The molecule has 0 radical (unpaired) electrons. The van der Waals surface area contributed by atoms with Crippen LogP contribution in [-0.2, 0) is 0 Å². The minimum Gasteiger partial charge on any atom is -0.361 e. The van der Waals surface area contributed by atoms with Crippen molar-refractivity contribution in [2.45, 2.75) is 0 Å². The lowest BCUT2D eigenvalue weighted by atomic mass is 10.0. The van der Waals surface area contributed by atoms with E-state index in [1.165, 1.54) is 10.9 Å². The number of aromatic amines is 1. The molecule has 5 aromatic rings. The number of piperazine rings is 1. The van der Waals surface area contributed by atoms with Gasteiger partial charge in [-0.2, -0.15) is 0 Å². The smallest absolute Gasteiger partial charge is 0.162 e. The van der Waals surface area contributed by atoms with Gasteiger partial charge in [-0.1, -0.05) is 42.5 Å². The first-order chi connectivity index (χ1) is 15.3. The van der Waals surface area contributed by atoms with Crippen molar-refractivity contribution in [2.24, 2.45) is 0 Å². The Morgan fingerprint density at radius 3 is 2.50 bits per heavy atom. The van der Waals surface area contributed by atoms with Crippen molar-refractivity contribution in [2.75, 3.05) is 38.1 Å². The Kier molecular flexibility index (Phi) is 5.33. The summed E-state index contributed by atoms with van der Waals surface area (Å²) in [4.78, 5) is 13.1. The Morgan fingerprint density at radius 2 is 1.69 bits per heavy atom. The Balaban J connectivity index is 0.00000216. The van der Waals surface area contributed by atoms with Crippen LogP contribution in [0.5, 0.6) is 0 Å². The topological polar surface area (TPSA) is 52.5 Å². The van der Waals surface area contributed by atoms with Crippen LogP contribution in [0.25, 0.3) is 38.9 Å². The summed E-state index contributed by atoms with van der Waals surface area (Å²) in [6.07, 6.45) is 4.04. The van der Waals surface area contributed by atoms with Crippen molar-refractivity contribution in [1.29, 1.82) is 0 Å². The highest BCUT2D eigenvalue weighted by atomic mass is 35.5. The highest BCUT2D eigenvalue weighted by Crippen LogP contribution is 2.34. The number of H-pyrrole nitrogens is 1. The van der Waals surface area contributed by atoms with Crippen LogP contribution in [0.15, 0.2) is 73.1 Å². The number of anilines is 1. The number of rotatable bonds is 3. The molecule has 0 aliphatic carbocycles. The van der Waals surface area contributed by atoms with Gasteiger partial charge < -0.3 is 14.8 Å². The van der Waals surface area contributed by atoms with Crippen molar-refractivity contribution >= 4 is 34.8 Å². The number of likely N-dealkylation sites (N-methyl/N-ethyl adjacent to an activating group) is 1. The van der Waals surface area contributed by atoms with Crippen LogP contribution in [0.1, 0.15) is 0 Å². The molecule has 162 valence electrons. The zero-order valence-electron chi connectivity index (χ0n) is 17.9. The summed E-state index contributed by atoms with van der Waals surface area (Å²) in [6.45, 7) is 4.04. The molecule has 0 saturated carbocycles. The van der Waals surface area contributed by atoms with E-state index in [0.717, 1.165) is 60.0 Å². The molecule has 1 aliphatic rings. The number of nitrogens with zero attached hydrogens (tertiary/aromatic N) is 5. The van der Waals surface area contributed by atoms with Crippen molar-refractivity contribution in [3.8, 4) is 22.4 Å². The molecular formula is C25H25ClN6. The van der Waals surface area contributed by atoms with E-state index in [1.54, 1.807) is 0 Å². The largest absolute Gasteiger partial charge is 0.361 e. The summed E-state index contributed by atoms with van der Waals surface area (Å²) >= 11 is 0. The summed E-state index contributed by atoms with van der Waals surface area (Å²) in [5.74, 6) is 1.00. The second-order valence-electron chi connectivity index (χ2n) is 8.21. The summed E-state index contributed by atoms with van der Waals surface area (Å²) in [7, 11) is 2.17. The molecule has 1 saturated heterocycles. The molecule has 0 amide bonds. The maximum atomic E-state index is 5.01. The molecule has 6 rings (SSSR count). The number of hydrogen-bond donors (Lipinski definition) is 1. The van der Waals surface area contributed by atoms with E-state index >= 15 is 0 Å². The molecule has 6 nitrogen and oxygen atoms in total. The number of hydrogen-bond acceptors (Lipinski definition) is 4. The maximum absolute atomic E-state index is 5.01. The number of benzene rings is 2. The van der Waals surface area contributed by atoms with Gasteiger partial charge in [-0.15, -0.1) is 17.5 Å². The first-order valence-corrected chi connectivity index (χ1v) is 10.7. The standard InChI is InChI=1S/C25H24N6.ClH/c1-29-12-14-30(15-13-29)24-16-21(19-8-5-9-22-20(19)10-11-26-22)25-27-23(17-31(25)28-24)18-6-3-2-4-7-18;/h2-11,16-17,26H,12-15H2,1H3;1H. The molecule has 3 aromatic heterocycles. The van der Waals surface area contributed by atoms with Crippen LogP contribution < -0.4 is 4.90 Å².